The number of hydrogen-bond donors (Lipinski definition) is 1. The van der Waals surface area contributed by atoms with E-state index in [2.05, 4.69) is 40.2 Å². The summed E-state index contributed by atoms with van der Waals surface area (Å²) in [5.74, 6) is 1.00. The lowest BCUT2D eigenvalue weighted by atomic mass is 10.0. The molecule has 0 aromatic carbocycles. The Bertz CT molecular complexity index is 398. The minimum absolute atomic E-state index is 0.713. The third kappa shape index (κ3) is 3.64. The largest absolute Gasteiger partial charge is 0.353 e. The van der Waals surface area contributed by atoms with E-state index in [1.54, 1.807) is 0 Å². The number of nitrogens with one attached hydrogen (secondary N) is 1. The number of aromatic nitrogens is 1. The van der Waals surface area contributed by atoms with Crippen molar-refractivity contribution in [2.24, 2.45) is 13.0 Å². The molecule has 0 unspecified atom stereocenters. The van der Waals surface area contributed by atoms with Crippen LogP contribution in [0.5, 0.6) is 0 Å². The van der Waals surface area contributed by atoms with Gasteiger partial charge in [0.05, 0.1) is 0 Å². The second-order valence-corrected chi connectivity index (χ2v) is 6.72. The molecule has 0 spiro atoms. The molecule has 2 aliphatic rings. The molecule has 2 fully saturated rings. The van der Waals surface area contributed by atoms with Crippen LogP contribution in [0.4, 0.5) is 0 Å². The van der Waals surface area contributed by atoms with E-state index in [9.17, 15) is 0 Å². The third-order valence-electron chi connectivity index (χ3n) is 5.20. The van der Waals surface area contributed by atoms with Crippen LogP contribution in [0.1, 0.15) is 44.2 Å². The first-order valence-electron chi connectivity index (χ1n) is 8.37. The first-order chi connectivity index (χ1) is 9.81. The standard InChI is InChI=1S/C17H29N3/c1-19-10-4-7-17(19)13-18-16-8-11-20(12-9-16)14-15-5-2-3-6-15/h4,7,10,15-16,18H,2-3,5-6,8-9,11-14H2,1H3. The molecule has 3 heteroatoms. The minimum Gasteiger partial charge on any atom is -0.353 e. The molecule has 1 aromatic rings. The van der Waals surface area contributed by atoms with Crippen LogP contribution in [0.25, 0.3) is 0 Å². The van der Waals surface area contributed by atoms with Gasteiger partial charge in [-0.3, -0.25) is 0 Å². The van der Waals surface area contributed by atoms with E-state index in [1.165, 1.54) is 63.9 Å². The maximum atomic E-state index is 3.73. The Morgan fingerprint density at radius 2 is 1.90 bits per heavy atom. The SMILES string of the molecule is Cn1cccc1CNC1CCN(CC2CCCC2)CC1. The van der Waals surface area contributed by atoms with Crippen LogP contribution in [0, 0.1) is 5.92 Å². The second kappa shape index (κ2) is 6.77. The second-order valence-electron chi connectivity index (χ2n) is 6.72. The van der Waals surface area contributed by atoms with E-state index in [4.69, 9.17) is 0 Å². The highest BCUT2D eigenvalue weighted by atomic mass is 15.1. The zero-order valence-corrected chi connectivity index (χ0v) is 12.9. The van der Waals surface area contributed by atoms with Crippen LogP contribution in [0.3, 0.4) is 0 Å². The highest BCUT2D eigenvalue weighted by molar-refractivity contribution is 5.06. The summed E-state index contributed by atoms with van der Waals surface area (Å²) in [6, 6.07) is 5.05. The van der Waals surface area contributed by atoms with Gasteiger partial charge in [-0.15, -0.1) is 0 Å². The Labute approximate surface area is 123 Å². The lowest BCUT2D eigenvalue weighted by molar-refractivity contribution is 0.172. The fourth-order valence-electron chi connectivity index (χ4n) is 3.81. The number of rotatable bonds is 5. The van der Waals surface area contributed by atoms with Crippen LogP contribution in [-0.4, -0.2) is 35.1 Å². The zero-order chi connectivity index (χ0) is 13.8. The van der Waals surface area contributed by atoms with Gasteiger partial charge in [-0.05, 0) is 56.8 Å². The smallest absolute Gasteiger partial charge is 0.0361 e. The molecule has 1 saturated heterocycles. The Hall–Kier alpha value is -0.800. The van der Waals surface area contributed by atoms with Gasteiger partial charge in [-0.1, -0.05) is 12.8 Å². The van der Waals surface area contributed by atoms with Crippen molar-refractivity contribution in [3.8, 4) is 0 Å². The molecule has 1 saturated carbocycles. The highest BCUT2D eigenvalue weighted by Crippen LogP contribution is 2.26. The van der Waals surface area contributed by atoms with Crippen molar-refractivity contribution in [2.75, 3.05) is 19.6 Å². The average Bonchev–Trinajstić information content (AvgIpc) is 3.10. The Balaban J connectivity index is 1.36. The molecule has 1 aliphatic carbocycles. The number of hydrogen-bond acceptors (Lipinski definition) is 2. The van der Waals surface area contributed by atoms with Crippen molar-refractivity contribution in [2.45, 2.75) is 51.1 Å². The summed E-state index contributed by atoms with van der Waals surface area (Å²) >= 11 is 0. The summed E-state index contributed by atoms with van der Waals surface area (Å²) < 4.78 is 2.21. The fraction of sp³-hybridized carbons (Fsp3) is 0.765. The van der Waals surface area contributed by atoms with Gasteiger partial charge in [0.2, 0.25) is 0 Å². The van der Waals surface area contributed by atoms with Gasteiger partial charge < -0.3 is 14.8 Å². The predicted octanol–water partition coefficient (Wildman–Crippen LogP) is 2.77. The molecule has 0 atom stereocenters. The Morgan fingerprint density at radius 1 is 1.15 bits per heavy atom. The summed E-state index contributed by atoms with van der Waals surface area (Å²) in [5, 5.41) is 3.73. The highest BCUT2D eigenvalue weighted by Gasteiger charge is 2.23. The number of likely N-dealkylation sites (tertiary alicyclic amines) is 1. The predicted molar refractivity (Wildman–Crippen MR) is 83.7 cm³/mol. The van der Waals surface area contributed by atoms with Crippen molar-refractivity contribution in [3.63, 3.8) is 0 Å². The third-order valence-corrected chi connectivity index (χ3v) is 5.20. The molecule has 0 amide bonds. The molecule has 1 aliphatic heterocycles. The molecule has 112 valence electrons. The zero-order valence-electron chi connectivity index (χ0n) is 12.9. The molecule has 2 heterocycles. The maximum absolute atomic E-state index is 3.73. The summed E-state index contributed by atoms with van der Waals surface area (Å²) in [6.07, 6.45) is 10.7. The average molecular weight is 275 g/mol. The summed E-state index contributed by atoms with van der Waals surface area (Å²) in [4.78, 5) is 2.71. The van der Waals surface area contributed by atoms with Crippen LogP contribution in [0.2, 0.25) is 0 Å². The molecular formula is C17H29N3. The van der Waals surface area contributed by atoms with Gasteiger partial charge in [-0.25, -0.2) is 0 Å². The Morgan fingerprint density at radius 3 is 2.55 bits per heavy atom. The normalized spacial score (nSPS) is 22.6. The van der Waals surface area contributed by atoms with E-state index < -0.39 is 0 Å². The van der Waals surface area contributed by atoms with Crippen molar-refractivity contribution in [1.82, 2.24) is 14.8 Å². The molecule has 1 aromatic heterocycles. The monoisotopic (exact) mass is 275 g/mol. The maximum Gasteiger partial charge on any atom is 0.0361 e. The van der Waals surface area contributed by atoms with Crippen LogP contribution in [-0.2, 0) is 13.6 Å². The van der Waals surface area contributed by atoms with E-state index in [-0.39, 0.29) is 0 Å². The van der Waals surface area contributed by atoms with E-state index in [0.717, 1.165) is 12.5 Å². The molecule has 1 N–H and O–H groups in total. The van der Waals surface area contributed by atoms with Crippen LogP contribution < -0.4 is 5.32 Å². The van der Waals surface area contributed by atoms with E-state index in [0.29, 0.717) is 6.04 Å². The number of aryl methyl sites for hydroxylation is 1. The fourth-order valence-corrected chi connectivity index (χ4v) is 3.81. The van der Waals surface area contributed by atoms with Crippen LogP contribution in [0.15, 0.2) is 18.3 Å². The lowest BCUT2D eigenvalue weighted by Crippen LogP contribution is -2.43. The molecule has 0 bridgehead atoms. The first kappa shape index (κ1) is 14.2. The van der Waals surface area contributed by atoms with Gasteiger partial charge in [0, 0.05) is 38.1 Å². The molecule has 20 heavy (non-hydrogen) atoms. The molecule has 0 radical (unpaired) electrons. The van der Waals surface area contributed by atoms with Crippen molar-refractivity contribution >= 4 is 0 Å². The summed E-state index contributed by atoms with van der Waals surface area (Å²) in [5.41, 5.74) is 1.39. The summed E-state index contributed by atoms with van der Waals surface area (Å²) in [6.45, 7) is 4.96. The molecule has 3 nitrogen and oxygen atoms in total. The van der Waals surface area contributed by atoms with Gasteiger partial charge in [0.15, 0.2) is 0 Å². The lowest BCUT2D eigenvalue weighted by Gasteiger charge is -2.34. The van der Waals surface area contributed by atoms with Crippen molar-refractivity contribution in [1.29, 1.82) is 0 Å². The quantitative estimate of drug-likeness (QED) is 0.891. The van der Waals surface area contributed by atoms with E-state index >= 15 is 0 Å². The number of piperidine rings is 1. The van der Waals surface area contributed by atoms with Gasteiger partial charge in [-0.2, -0.15) is 0 Å². The van der Waals surface area contributed by atoms with Gasteiger partial charge in [0.1, 0.15) is 0 Å². The van der Waals surface area contributed by atoms with Gasteiger partial charge in [0.25, 0.3) is 0 Å². The minimum atomic E-state index is 0.713. The number of nitrogens with zero attached hydrogens (tertiary/aromatic N) is 2. The molecular weight excluding hydrogens is 246 g/mol. The Kier molecular flexibility index (Phi) is 4.79. The first-order valence-corrected chi connectivity index (χ1v) is 8.37. The van der Waals surface area contributed by atoms with Crippen LogP contribution >= 0.6 is 0 Å². The van der Waals surface area contributed by atoms with Crippen molar-refractivity contribution in [3.05, 3.63) is 24.0 Å². The topological polar surface area (TPSA) is 20.2 Å². The van der Waals surface area contributed by atoms with Crippen molar-refractivity contribution < 1.29 is 0 Å². The van der Waals surface area contributed by atoms with E-state index in [1.807, 2.05) is 0 Å². The van der Waals surface area contributed by atoms with Gasteiger partial charge >= 0.3 is 0 Å². The molecule has 3 rings (SSSR count). The summed E-state index contributed by atoms with van der Waals surface area (Å²) in [7, 11) is 2.13.